The molecule has 0 aromatic heterocycles. The van der Waals surface area contributed by atoms with Gasteiger partial charge in [0.25, 0.3) is 5.91 Å². The summed E-state index contributed by atoms with van der Waals surface area (Å²) in [4.78, 5) is 46.4. The van der Waals surface area contributed by atoms with Crippen LogP contribution in [-0.4, -0.2) is 42.1 Å². The molecule has 1 aromatic carbocycles. The monoisotopic (exact) mass is 393 g/mol. The van der Waals surface area contributed by atoms with E-state index in [1.807, 2.05) is 0 Å². The highest BCUT2D eigenvalue weighted by molar-refractivity contribution is 5.95. The fourth-order valence-electron chi connectivity index (χ4n) is 1.97. The number of hydrogen-bond acceptors (Lipinski definition) is 6. The highest BCUT2D eigenvalue weighted by atomic mass is 16.6. The SMILES string of the molecule is CC(=O)Nc1ccc(NC(=O)[C@@H](C)OC(=O)CCNC(=O)OC(C)(C)C)cc1. The number of benzene rings is 1. The van der Waals surface area contributed by atoms with Gasteiger partial charge in [-0.25, -0.2) is 4.79 Å². The summed E-state index contributed by atoms with van der Waals surface area (Å²) in [5, 5.41) is 7.66. The van der Waals surface area contributed by atoms with Crippen molar-refractivity contribution in [2.24, 2.45) is 0 Å². The van der Waals surface area contributed by atoms with Gasteiger partial charge in [0.1, 0.15) is 5.60 Å². The Kier molecular flexibility index (Phi) is 8.43. The molecule has 3 N–H and O–H groups in total. The first kappa shape index (κ1) is 22.9. The van der Waals surface area contributed by atoms with Gasteiger partial charge in [-0.15, -0.1) is 0 Å². The first-order valence-corrected chi connectivity index (χ1v) is 8.81. The molecular weight excluding hydrogens is 366 g/mol. The van der Waals surface area contributed by atoms with Crippen LogP contribution in [0.15, 0.2) is 24.3 Å². The second kappa shape index (κ2) is 10.3. The molecule has 154 valence electrons. The average Bonchev–Trinajstić information content (AvgIpc) is 2.54. The lowest BCUT2D eigenvalue weighted by Crippen LogP contribution is -2.35. The van der Waals surface area contributed by atoms with Gasteiger partial charge >= 0.3 is 12.1 Å². The highest BCUT2D eigenvalue weighted by Gasteiger charge is 2.19. The van der Waals surface area contributed by atoms with E-state index in [-0.39, 0.29) is 18.9 Å². The van der Waals surface area contributed by atoms with Crippen LogP contribution >= 0.6 is 0 Å². The molecule has 9 heteroatoms. The molecule has 0 aliphatic heterocycles. The topological polar surface area (TPSA) is 123 Å². The molecule has 1 atom stereocenters. The average molecular weight is 393 g/mol. The summed E-state index contributed by atoms with van der Waals surface area (Å²) in [7, 11) is 0. The molecule has 0 aliphatic rings. The van der Waals surface area contributed by atoms with Crippen LogP contribution in [0.5, 0.6) is 0 Å². The second-order valence-corrected chi connectivity index (χ2v) is 7.06. The van der Waals surface area contributed by atoms with Crippen LogP contribution in [0, 0.1) is 0 Å². The molecule has 0 heterocycles. The molecule has 0 bridgehead atoms. The minimum Gasteiger partial charge on any atom is -0.452 e. The molecule has 9 nitrogen and oxygen atoms in total. The number of hydrogen-bond donors (Lipinski definition) is 3. The lowest BCUT2D eigenvalue weighted by atomic mass is 10.2. The predicted molar refractivity (Wildman–Crippen MR) is 104 cm³/mol. The van der Waals surface area contributed by atoms with Gasteiger partial charge in [0, 0.05) is 24.8 Å². The summed E-state index contributed by atoms with van der Waals surface area (Å²) in [6.45, 7) is 8.07. The Balaban J connectivity index is 2.38. The quantitative estimate of drug-likeness (QED) is 0.612. The smallest absolute Gasteiger partial charge is 0.407 e. The summed E-state index contributed by atoms with van der Waals surface area (Å²) in [5.41, 5.74) is 0.466. The van der Waals surface area contributed by atoms with Crippen LogP contribution in [0.4, 0.5) is 16.2 Å². The zero-order chi connectivity index (χ0) is 21.3. The maximum absolute atomic E-state index is 12.1. The highest BCUT2D eigenvalue weighted by Crippen LogP contribution is 2.14. The normalized spacial score (nSPS) is 11.8. The molecule has 0 aliphatic carbocycles. The van der Waals surface area contributed by atoms with Crippen molar-refractivity contribution in [3.8, 4) is 0 Å². The maximum atomic E-state index is 12.1. The fraction of sp³-hybridized carbons (Fsp3) is 0.474. The van der Waals surface area contributed by atoms with E-state index in [0.717, 1.165) is 0 Å². The summed E-state index contributed by atoms with van der Waals surface area (Å²) in [6, 6.07) is 6.50. The molecule has 1 aromatic rings. The molecule has 0 radical (unpaired) electrons. The molecule has 28 heavy (non-hydrogen) atoms. The predicted octanol–water partition coefficient (Wildman–Crippen LogP) is 2.43. The number of nitrogens with one attached hydrogen (secondary N) is 3. The van der Waals surface area contributed by atoms with Gasteiger partial charge in [0.15, 0.2) is 6.10 Å². The van der Waals surface area contributed by atoms with E-state index >= 15 is 0 Å². The van der Waals surface area contributed by atoms with Gasteiger partial charge in [-0.05, 0) is 52.0 Å². The Labute approximate surface area is 164 Å². The van der Waals surface area contributed by atoms with Crippen LogP contribution in [0.25, 0.3) is 0 Å². The number of ether oxygens (including phenoxy) is 2. The van der Waals surface area contributed by atoms with Gasteiger partial charge in [-0.3, -0.25) is 14.4 Å². The third-order valence-electron chi connectivity index (χ3n) is 3.15. The van der Waals surface area contributed by atoms with E-state index in [1.165, 1.54) is 13.8 Å². The number of carbonyl (C=O) groups is 4. The second-order valence-electron chi connectivity index (χ2n) is 7.06. The Morgan fingerprint density at radius 3 is 2.04 bits per heavy atom. The van der Waals surface area contributed by atoms with Crippen molar-refractivity contribution in [1.82, 2.24) is 5.32 Å². The lowest BCUT2D eigenvalue weighted by molar-refractivity contribution is -0.153. The number of amides is 3. The minimum atomic E-state index is -1.01. The standard InChI is InChI=1S/C19H27N3O6/c1-12(27-16(24)10-11-20-18(26)28-19(3,4)5)17(25)22-15-8-6-14(7-9-15)21-13(2)23/h6-9,12H,10-11H2,1-5H3,(H,20,26)(H,21,23)(H,22,25)/t12-/m1/s1. The van der Waals surface area contributed by atoms with Crippen molar-refractivity contribution in [3.05, 3.63) is 24.3 Å². The summed E-state index contributed by atoms with van der Waals surface area (Å²) < 4.78 is 10.1. The Hall–Kier alpha value is -3.10. The number of rotatable bonds is 7. The zero-order valence-corrected chi connectivity index (χ0v) is 16.8. The van der Waals surface area contributed by atoms with Gasteiger partial charge < -0.3 is 25.4 Å². The van der Waals surface area contributed by atoms with Crippen molar-refractivity contribution in [3.63, 3.8) is 0 Å². The van der Waals surface area contributed by atoms with Crippen molar-refractivity contribution in [1.29, 1.82) is 0 Å². The number of carbonyl (C=O) groups excluding carboxylic acids is 4. The molecule has 0 saturated carbocycles. The Bertz CT molecular complexity index is 709. The molecule has 3 amide bonds. The van der Waals surface area contributed by atoms with E-state index in [1.54, 1.807) is 45.0 Å². The third kappa shape index (κ3) is 9.56. The molecular formula is C19H27N3O6. The van der Waals surface area contributed by atoms with Crippen LogP contribution in [0.2, 0.25) is 0 Å². The number of alkyl carbamates (subject to hydrolysis) is 1. The summed E-state index contributed by atoms with van der Waals surface area (Å²) >= 11 is 0. The number of anilines is 2. The first-order chi connectivity index (χ1) is 13.0. The third-order valence-corrected chi connectivity index (χ3v) is 3.15. The molecule has 1 rings (SSSR count). The fourth-order valence-corrected chi connectivity index (χ4v) is 1.97. The van der Waals surface area contributed by atoms with E-state index in [9.17, 15) is 19.2 Å². The zero-order valence-electron chi connectivity index (χ0n) is 16.8. The molecule has 0 spiro atoms. The molecule has 0 saturated heterocycles. The number of esters is 1. The summed E-state index contributed by atoms with van der Waals surface area (Å²) in [6.07, 6.45) is -1.74. The van der Waals surface area contributed by atoms with Crippen molar-refractivity contribution < 1.29 is 28.7 Å². The van der Waals surface area contributed by atoms with Gasteiger partial charge in [0.2, 0.25) is 5.91 Å². The van der Waals surface area contributed by atoms with Gasteiger partial charge in [0.05, 0.1) is 6.42 Å². The summed E-state index contributed by atoms with van der Waals surface area (Å²) in [5.74, 6) is -1.32. The Morgan fingerprint density at radius 1 is 1.00 bits per heavy atom. The first-order valence-electron chi connectivity index (χ1n) is 8.81. The molecule has 0 unspecified atom stereocenters. The van der Waals surface area contributed by atoms with Crippen molar-refractivity contribution in [2.45, 2.75) is 52.7 Å². The lowest BCUT2D eigenvalue weighted by Gasteiger charge is -2.19. The minimum absolute atomic E-state index is 0.0344. The van der Waals surface area contributed by atoms with Gasteiger partial charge in [-0.2, -0.15) is 0 Å². The van der Waals surface area contributed by atoms with E-state index < -0.39 is 29.7 Å². The van der Waals surface area contributed by atoms with Crippen molar-refractivity contribution >= 4 is 35.3 Å². The van der Waals surface area contributed by atoms with Crippen LogP contribution in [-0.2, 0) is 23.9 Å². The van der Waals surface area contributed by atoms with Gasteiger partial charge in [-0.1, -0.05) is 0 Å². The van der Waals surface area contributed by atoms with E-state index in [2.05, 4.69) is 16.0 Å². The van der Waals surface area contributed by atoms with Crippen LogP contribution in [0.3, 0.4) is 0 Å². The van der Waals surface area contributed by atoms with E-state index in [0.29, 0.717) is 11.4 Å². The van der Waals surface area contributed by atoms with Crippen molar-refractivity contribution in [2.75, 3.05) is 17.2 Å². The Morgan fingerprint density at radius 2 is 1.54 bits per heavy atom. The maximum Gasteiger partial charge on any atom is 0.407 e. The largest absolute Gasteiger partial charge is 0.452 e. The van der Waals surface area contributed by atoms with Crippen LogP contribution < -0.4 is 16.0 Å². The van der Waals surface area contributed by atoms with E-state index in [4.69, 9.17) is 9.47 Å². The molecule has 0 fully saturated rings. The van der Waals surface area contributed by atoms with Crippen LogP contribution in [0.1, 0.15) is 41.0 Å².